The molecule has 0 spiro atoms. The Morgan fingerprint density at radius 2 is 1.94 bits per heavy atom. The molecule has 3 heterocycles. The maximum atomic E-state index is 13.4. The van der Waals surface area contributed by atoms with Gasteiger partial charge in [-0.2, -0.15) is 0 Å². The van der Waals surface area contributed by atoms with Gasteiger partial charge in [0.15, 0.2) is 10.3 Å². The number of aromatic nitrogens is 5. The van der Waals surface area contributed by atoms with Gasteiger partial charge in [0.05, 0.1) is 18.7 Å². The monoisotopic (exact) mass is 564 g/mol. The molecule has 4 rings (SSSR count). The quantitative estimate of drug-likeness (QED) is 0.277. The first-order valence-electron chi connectivity index (χ1n) is 10.4. The summed E-state index contributed by atoms with van der Waals surface area (Å²) >= 11 is 9.76. The van der Waals surface area contributed by atoms with Crippen molar-refractivity contribution in [2.45, 2.75) is 33.3 Å². The lowest BCUT2D eigenvalue weighted by Gasteiger charge is -2.10. The first-order valence-corrected chi connectivity index (χ1v) is 13.2. The van der Waals surface area contributed by atoms with Crippen molar-refractivity contribution in [3.05, 3.63) is 64.3 Å². The molecule has 1 aromatic carbocycles. The molecule has 0 fully saturated rings. The molecule has 186 valence electrons. The molecule has 0 bridgehead atoms. The van der Waals surface area contributed by atoms with E-state index in [0.29, 0.717) is 20.8 Å². The average molecular weight is 565 g/mol. The number of hydrogen-bond acceptors (Lipinski definition) is 10. The van der Waals surface area contributed by atoms with Crippen LogP contribution in [0.25, 0.3) is 0 Å². The molecule has 4 aromatic rings. The number of esters is 1. The minimum atomic E-state index is -0.520. The van der Waals surface area contributed by atoms with Crippen LogP contribution in [0.1, 0.15) is 23.1 Å². The average Bonchev–Trinajstić information content (AvgIpc) is 3.40. The van der Waals surface area contributed by atoms with E-state index in [2.05, 4.69) is 25.5 Å². The molecule has 3 aromatic heterocycles. The van der Waals surface area contributed by atoms with Crippen LogP contribution in [-0.2, 0) is 23.0 Å². The zero-order valence-corrected chi connectivity index (χ0v) is 22.1. The molecule has 0 saturated heterocycles. The van der Waals surface area contributed by atoms with Gasteiger partial charge < -0.3 is 9.30 Å². The molecular formula is C22H18ClFN6O3S3. The van der Waals surface area contributed by atoms with Crippen LogP contribution in [0.4, 0.5) is 9.52 Å². The number of benzene rings is 1. The zero-order valence-electron chi connectivity index (χ0n) is 18.9. The van der Waals surface area contributed by atoms with E-state index in [1.165, 1.54) is 35.7 Å². The fourth-order valence-corrected chi connectivity index (χ4v) is 5.49. The number of anilines is 1. The second-order valence-electron chi connectivity index (χ2n) is 7.05. The molecule has 36 heavy (non-hydrogen) atoms. The van der Waals surface area contributed by atoms with Crippen molar-refractivity contribution in [1.82, 2.24) is 24.7 Å². The Kier molecular flexibility index (Phi) is 8.56. The molecule has 1 amide bonds. The lowest BCUT2D eigenvalue weighted by Crippen LogP contribution is -2.15. The van der Waals surface area contributed by atoms with Gasteiger partial charge >= 0.3 is 5.97 Å². The van der Waals surface area contributed by atoms with Gasteiger partial charge in [0.1, 0.15) is 27.2 Å². The van der Waals surface area contributed by atoms with Crippen molar-refractivity contribution in [3.63, 3.8) is 0 Å². The van der Waals surface area contributed by atoms with E-state index in [0.717, 1.165) is 16.2 Å². The van der Waals surface area contributed by atoms with Gasteiger partial charge in [-0.1, -0.05) is 34.7 Å². The van der Waals surface area contributed by atoms with Crippen molar-refractivity contribution in [2.75, 3.05) is 11.9 Å². The Bertz CT molecular complexity index is 1400. The first kappa shape index (κ1) is 26.1. The lowest BCUT2D eigenvalue weighted by atomic mass is 10.3. The standard InChI is InChI=1S/C22H18ClFN6O3S3/c1-3-33-17(31)10-14-19(23)36-21(26-14)28-20(32)18-15(34-13-6-4-12(24)5-7-13)8-9-16(27-18)35-22-29-25-11-30(22)2/h4-9,11H,3,10H2,1-2H3,(H,26,28,32). The number of ether oxygens (including phenoxy) is 1. The molecule has 14 heteroatoms. The van der Waals surface area contributed by atoms with Crippen LogP contribution >= 0.6 is 46.5 Å². The summed E-state index contributed by atoms with van der Waals surface area (Å²) < 4.78 is 20.3. The Morgan fingerprint density at radius 3 is 2.64 bits per heavy atom. The summed E-state index contributed by atoms with van der Waals surface area (Å²) in [7, 11) is 1.80. The number of halogens is 2. The molecule has 0 aliphatic heterocycles. The topological polar surface area (TPSA) is 112 Å². The predicted octanol–water partition coefficient (Wildman–Crippen LogP) is 5.12. The number of pyridine rings is 1. The number of carbonyl (C=O) groups excluding carboxylic acids is 2. The number of carbonyl (C=O) groups is 2. The summed E-state index contributed by atoms with van der Waals surface area (Å²) in [4.78, 5) is 35.2. The zero-order chi connectivity index (χ0) is 25.7. The van der Waals surface area contributed by atoms with Gasteiger partial charge in [-0.3, -0.25) is 14.9 Å². The first-order chi connectivity index (χ1) is 17.3. The highest BCUT2D eigenvalue weighted by molar-refractivity contribution is 7.99. The minimum absolute atomic E-state index is 0.104. The molecule has 0 radical (unpaired) electrons. The largest absolute Gasteiger partial charge is 0.466 e. The second kappa shape index (κ2) is 11.8. The number of hydrogen-bond donors (Lipinski definition) is 1. The SMILES string of the molecule is CCOC(=O)Cc1nc(NC(=O)c2nc(Sc3nncn3C)ccc2Sc2ccc(F)cc2)sc1Cl. The van der Waals surface area contributed by atoms with Crippen molar-refractivity contribution in [3.8, 4) is 0 Å². The third kappa shape index (κ3) is 6.60. The summed E-state index contributed by atoms with van der Waals surface area (Å²) in [5.74, 6) is -1.34. The van der Waals surface area contributed by atoms with E-state index < -0.39 is 11.9 Å². The molecule has 9 nitrogen and oxygen atoms in total. The lowest BCUT2D eigenvalue weighted by molar-refractivity contribution is -0.142. The number of nitrogens with zero attached hydrogens (tertiary/aromatic N) is 5. The fraction of sp³-hybridized carbons (Fsp3) is 0.182. The third-order valence-electron chi connectivity index (χ3n) is 4.44. The van der Waals surface area contributed by atoms with Gasteiger partial charge in [-0.05, 0) is 55.1 Å². The van der Waals surface area contributed by atoms with E-state index in [9.17, 15) is 14.0 Å². The van der Waals surface area contributed by atoms with Crippen molar-refractivity contribution >= 4 is 63.5 Å². The van der Waals surface area contributed by atoms with E-state index in [-0.39, 0.29) is 34.0 Å². The smallest absolute Gasteiger partial charge is 0.311 e. The van der Waals surface area contributed by atoms with Crippen LogP contribution < -0.4 is 5.32 Å². The van der Waals surface area contributed by atoms with Crippen molar-refractivity contribution in [2.24, 2.45) is 7.05 Å². The van der Waals surface area contributed by atoms with Crippen LogP contribution in [0.15, 0.2) is 62.7 Å². The second-order valence-corrected chi connectivity index (χ2v) is 10.8. The molecule has 0 saturated carbocycles. The number of aryl methyl sites for hydroxylation is 1. The van der Waals surface area contributed by atoms with E-state index in [4.69, 9.17) is 16.3 Å². The molecule has 0 aliphatic rings. The summed E-state index contributed by atoms with van der Waals surface area (Å²) in [6.07, 6.45) is 1.46. The number of thiazole rings is 1. The van der Waals surface area contributed by atoms with Gasteiger partial charge in [0.2, 0.25) is 0 Å². The number of rotatable bonds is 9. The van der Waals surface area contributed by atoms with E-state index in [1.54, 1.807) is 49.1 Å². The van der Waals surface area contributed by atoms with E-state index >= 15 is 0 Å². The minimum Gasteiger partial charge on any atom is -0.466 e. The van der Waals surface area contributed by atoms with Gasteiger partial charge in [-0.15, -0.1) is 10.2 Å². The molecular weight excluding hydrogens is 547 g/mol. The highest BCUT2D eigenvalue weighted by Crippen LogP contribution is 2.34. The van der Waals surface area contributed by atoms with Crippen LogP contribution in [0, 0.1) is 5.82 Å². The van der Waals surface area contributed by atoms with Crippen molar-refractivity contribution < 1.29 is 18.7 Å². The van der Waals surface area contributed by atoms with Crippen molar-refractivity contribution in [1.29, 1.82) is 0 Å². The molecule has 0 aliphatic carbocycles. The van der Waals surface area contributed by atoms with Crippen LogP contribution in [-0.4, -0.2) is 43.2 Å². The summed E-state index contributed by atoms with van der Waals surface area (Å²) in [6, 6.07) is 9.44. The summed E-state index contributed by atoms with van der Waals surface area (Å²) in [6.45, 7) is 1.95. The maximum absolute atomic E-state index is 13.4. The fourth-order valence-electron chi connectivity index (χ4n) is 2.82. The summed E-state index contributed by atoms with van der Waals surface area (Å²) in [5, 5.41) is 11.9. The highest BCUT2D eigenvalue weighted by Gasteiger charge is 2.20. The van der Waals surface area contributed by atoms with Crippen LogP contribution in [0.2, 0.25) is 4.34 Å². The van der Waals surface area contributed by atoms with Gasteiger partial charge in [0, 0.05) is 16.8 Å². The van der Waals surface area contributed by atoms with Crippen LogP contribution in [0.5, 0.6) is 0 Å². The Labute approximate surface area is 222 Å². The Morgan fingerprint density at radius 1 is 1.17 bits per heavy atom. The maximum Gasteiger partial charge on any atom is 0.311 e. The van der Waals surface area contributed by atoms with E-state index in [1.807, 2.05) is 0 Å². The Balaban J connectivity index is 1.60. The predicted molar refractivity (Wildman–Crippen MR) is 135 cm³/mol. The molecule has 0 atom stereocenters. The number of amides is 1. The third-order valence-corrected chi connectivity index (χ3v) is 7.74. The van der Waals surface area contributed by atoms with Gasteiger partial charge in [-0.25, -0.2) is 14.4 Å². The number of nitrogens with one attached hydrogen (secondary N) is 1. The summed E-state index contributed by atoms with van der Waals surface area (Å²) in [5.41, 5.74) is 0.450. The molecule has 0 unspecified atom stereocenters. The molecule has 1 N–H and O–H groups in total. The Hall–Kier alpha value is -3.00. The highest BCUT2D eigenvalue weighted by atomic mass is 35.5. The van der Waals surface area contributed by atoms with Crippen LogP contribution in [0.3, 0.4) is 0 Å². The van der Waals surface area contributed by atoms with Gasteiger partial charge in [0.25, 0.3) is 5.91 Å². The normalized spacial score (nSPS) is 10.9.